The van der Waals surface area contributed by atoms with Gasteiger partial charge in [-0.1, -0.05) is 25.7 Å². The molecule has 0 spiro atoms. The molecule has 0 aliphatic heterocycles. The van der Waals surface area contributed by atoms with Crippen LogP contribution in [0.2, 0.25) is 0 Å². The molecular weight excluding hydrogens is 272 g/mol. The molecule has 118 valence electrons. The van der Waals surface area contributed by atoms with Crippen molar-refractivity contribution in [3.63, 3.8) is 0 Å². The van der Waals surface area contributed by atoms with Crippen LogP contribution in [0.15, 0.2) is 18.2 Å². The van der Waals surface area contributed by atoms with E-state index in [-0.39, 0.29) is 11.6 Å². The lowest BCUT2D eigenvalue weighted by molar-refractivity contribution is -0.0767. The Bertz CT molecular complexity index is 436. The summed E-state index contributed by atoms with van der Waals surface area (Å²) >= 11 is 0. The number of benzene rings is 1. The minimum Gasteiger partial charge on any atom is -0.373 e. The van der Waals surface area contributed by atoms with Gasteiger partial charge in [-0.05, 0) is 44.5 Å². The SMILES string of the molecule is CCOC1(C(NC)c2cc(F)cc(F)c2)CCCCCC1. The van der Waals surface area contributed by atoms with Crippen LogP contribution in [0.4, 0.5) is 8.78 Å². The number of nitrogens with one attached hydrogen (secondary N) is 1. The van der Waals surface area contributed by atoms with Gasteiger partial charge in [0.25, 0.3) is 0 Å². The lowest BCUT2D eigenvalue weighted by atomic mass is 9.82. The maximum absolute atomic E-state index is 13.6. The average Bonchev–Trinajstić information content (AvgIpc) is 2.65. The lowest BCUT2D eigenvalue weighted by Gasteiger charge is -2.40. The highest BCUT2D eigenvalue weighted by Gasteiger charge is 2.40. The van der Waals surface area contributed by atoms with Crippen LogP contribution in [0.3, 0.4) is 0 Å². The van der Waals surface area contributed by atoms with Gasteiger partial charge in [0, 0.05) is 12.7 Å². The first-order valence-electron chi connectivity index (χ1n) is 7.88. The minimum atomic E-state index is -0.537. The Balaban J connectivity index is 2.38. The highest BCUT2D eigenvalue weighted by Crippen LogP contribution is 2.40. The van der Waals surface area contributed by atoms with Crippen molar-refractivity contribution < 1.29 is 13.5 Å². The number of ether oxygens (including phenoxy) is 1. The van der Waals surface area contributed by atoms with E-state index in [1.807, 2.05) is 14.0 Å². The Kier molecular flexibility index (Phi) is 5.71. The van der Waals surface area contributed by atoms with Gasteiger partial charge in [0.1, 0.15) is 11.6 Å². The first-order chi connectivity index (χ1) is 10.1. The van der Waals surface area contributed by atoms with Crippen molar-refractivity contribution in [3.8, 4) is 0 Å². The van der Waals surface area contributed by atoms with E-state index in [2.05, 4.69) is 5.32 Å². The zero-order valence-electron chi connectivity index (χ0n) is 12.9. The van der Waals surface area contributed by atoms with Crippen LogP contribution in [-0.4, -0.2) is 19.3 Å². The number of halogens is 2. The molecule has 0 heterocycles. The summed E-state index contributed by atoms with van der Waals surface area (Å²) in [7, 11) is 1.83. The summed E-state index contributed by atoms with van der Waals surface area (Å²) in [5.74, 6) is -1.07. The summed E-state index contributed by atoms with van der Waals surface area (Å²) in [6.45, 7) is 2.58. The van der Waals surface area contributed by atoms with E-state index < -0.39 is 11.6 Å². The molecule has 4 heteroatoms. The Morgan fingerprint density at radius 2 is 1.67 bits per heavy atom. The standard InChI is InChI=1S/C17H25F2NO/c1-3-21-17(8-6-4-5-7-9-17)16(20-2)13-10-14(18)12-15(19)11-13/h10-12,16,20H,3-9H2,1-2H3. The summed E-state index contributed by atoms with van der Waals surface area (Å²) < 4.78 is 33.3. The highest BCUT2D eigenvalue weighted by atomic mass is 19.1. The molecule has 0 saturated heterocycles. The van der Waals surface area contributed by atoms with Gasteiger partial charge in [0.15, 0.2) is 0 Å². The molecule has 0 aromatic heterocycles. The Labute approximate surface area is 125 Å². The summed E-state index contributed by atoms with van der Waals surface area (Å²) in [4.78, 5) is 0. The van der Waals surface area contributed by atoms with E-state index in [1.54, 1.807) is 0 Å². The van der Waals surface area contributed by atoms with Gasteiger partial charge >= 0.3 is 0 Å². The van der Waals surface area contributed by atoms with Crippen molar-refractivity contribution in [1.82, 2.24) is 5.32 Å². The van der Waals surface area contributed by atoms with Gasteiger partial charge in [-0.25, -0.2) is 8.78 Å². The number of rotatable bonds is 5. The van der Waals surface area contributed by atoms with E-state index in [0.717, 1.165) is 31.7 Å². The van der Waals surface area contributed by atoms with Crippen LogP contribution < -0.4 is 5.32 Å². The lowest BCUT2D eigenvalue weighted by Crippen LogP contribution is -2.45. The van der Waals surface area contributed by atoms with E-state index in [9.17, 15) is 8.78 Å². The molecular formula is C17H25F2NO. The molecule has 1 fully saturated rings. The maximum atomic E-state index is 13.6. The monoisotopic (exact) mass is 297 g/mol. The average molecular weight is 297 g/mol. The fraction of sp³-hybridized carbons (Fsp3) is 0.647. The van der Waals surface area contributed by atoms with Crippen LogP contribution in [0.1, 0.15) is 57.1 Å². The summed E-state index contributed by atoms with van der Waals surface area (Å²) in [6, 6.07) is 3.54. The van der Waals surface area contributed by atoms with Crippen molar-refractivity contribution in [2.45, 2.75) is 57.1 Å². The third-order valence-corrected chi connectivity index (χ3v) is 4.41. The fourth-order valence-electron chi connectivity index (χ4n) is 3.61. The van der Waals surface area contributed by atoms with Gasteiger partial charge in [-0.2, -0.15) is 0 Å². The van der Waals surface area contributed by atoms with Crippen LogP contribution in [-0.2, 0) is 4.74 Å². The molecule has 0 radical (unpaired) electrons. The quantitative estimate of drug-likeness (QED) is 0.816. The molecule has 1 aromatic carbocycles. The van der Waals surface area contributed by atoms with Crippen molar-refractivity contribution in [1.29, 1.82) is 0 Å². The molecule has 1 saturated carbocycles. The minimum absolute atomic E-state index is 0.194. The predicted molar refractivity (Wildman–Crippen MR) is 80.2 cm³/mol. The molecule has 1 aromatic rings. The van der Waals surface area contributed by atoms with E-state index in [4.69, 9.17) is 4.74 Å². The van der Waals surface area contributed by atoms with Crippen molar-refractivity contribution in [3.05, 3.63) is 35.4 Å². The molecule has 1 atom stereocenters. The van der Waals surface area contributed by atoms with Gasteiger partial charge in [0.2, 0.25) is 0 Å². The summed E-state index contributed by atoms with van der Waals surface area (Å²) in [6.07, 6.45) is 6.42. The van der Waals surface area contributed by atoms with Crippen molar-refractivity contribution in [2.75, 3.05) is 13.7 Å². The van der Waals surface area contributed by atoms with Crippen LogP contribution >= 0.6 is 0 Å². The van der Waals surface area contributed by atoms with Crippen LogP contribution in [0, 0.1) is 11.6 Å². The zero-order valence-corrected chi connectivity index (χ0v) is 12.9. The first-order valence-corrected chi connectivity index (χ1v) is 7.88. The molecule has 0 amide bonds. The first kappa shape index (κ1) is 16.4. The van der Waals surface area contributed by atoms with E-state index >= 15 is 0 Å². The van der Waals surface area contributed by atoms with Gasteiger partial charge in [-0.15, -0.1) is 0 Å². The normalized spacial score (nSPS) is 20.0. The molecule has 1 aliphatic rings. The fourth-order valence-corrected chi connectivity index (χ4v) is 3.61. The molecule has 1 N–H and O–H groups in total. The maximum Gasteiger partial charge on any atom is 0.126 e. The molecule has 1 unspecified atom stereocenters. The molecule has 1 aliphatic carbocycles. The second-order valence-electron chi connectivity index (χ2n) is 5.84. The molecule has 0 bridgehead atoms. The Hall–Kier alpha value is -1.00. The molecule has 21 heavy (non-hydrogen) atoms. The smallest absolute Gasteiger partial charge is 0.126 e. The van der Waals surface area contributed by atoms with Crippen LogP contribution in [0.5, 0.6) is 0 Å². The van der Waals surface area contributed by atoms with Gasteiger partial charge in [0.05, 0.1) is 11.6 Å². The second-order valence-corrected chi connectivity index (χ2v) is 5.84. The van der Waals surface area contributed by atoms with Crippen molar-refractivity contribution >= 4 is 0 Å². The highest BCUT2D eigenvalue weighted by molar-refractivity contribution is 5.24. The van der Waals surface area contributed by atoms with Gasteiger partial charge < -0.3 is 10.1 Å². The number of hydrogen-bond acceptors (Lipinski definition) is 2. The third kappa shape index (κ3) is 3.80. The number of likely N-dealkylation sites (N-methyl/N-ethyl adjacent to an activating group) is 1. The van der Waals surface area contributed by atoms with Gasteiger partial charge in [-0.3, -0.25) is 0 Å². The zero-order chi connectivity index (χ0) is 15.3. The third-order valence-electron chi connectivity index (χ3n) is 4.41. The summed E-state index contributed by atoms with van der Waals surface area (Å²) in [5.41, 5.74) is 0.255. The van der Waals surface area contributed by atoms with Crippen molar-refractivity contribution in [2.24, 2.45) is 0 Å². The topological polar surface area (TPSA) is 21.3 Å². The van der Waals surface area contributed by atoms with E-state index in [1.165, 1.54) is 25.0 Å². The van der Waals surface area contributed by atoms with E-state index in [0.29, 0.717) is 12.2 Å². The molecule has 2 rings (SSSR count). The number of hydrogen-bond donors (Lipinski definition) is 1. The largest absolute Gasteiger partial charge is 0.373 e. The Morgan fingerprint density at radius 1 is 1.10 bits per heavy atom. The summed E-state index contributed by atoms with van der Waals surface area (Å²) in [5, 5.41) is 3.24. The van der Waals surface area contributed by atoms with Crippen LogP contribution in [0.25, 0.3) is 0 Å². The Morgan fingerprint density at radius 3 is 2.14 bits per heavy atom. The second kappa shape index (κ2) is 7.32. The predicted octanol–water partition coefficient (Wildman–Crippen LogP) is 4.35. The molecule has 2 nitrogen and oxygen atoms in total.